The summed E-state index contributed by atoms with van der Waals surface area (Å²) in [4.78, 5) is 26.6. The van der Waals surface area contributed by atoms with E-state index in [1.807, 2.05) is 61.5 Å². The Bertz CT molecular complexity index is 1290. The number of rotatable bonds is 10. The zero-order valence-corrected chi connectivity index (χ0v) is 18.3. The second kappa shape index (κ2) is 9.73. The van der Waals surface area contributed by atoms with Crippen LogP contribution < -0.4 is 4.74 Å². The van der Waals surface area contributed by atoms with Crippen molar-refractivity contribution < 1.29 is 29.0 Å². The number of oxazole rings is 1. The van der Waals surface area contributed by atoms with Gasteiger partial charge in [0.1, 0.15) is 11.3 Å². The number of unbranched alkanes of at least 4 members (excludes halogenated alkanes) is 2. The minimum atomic E-state index is -1.36. The molecule has 3 aromatic carbocycles. The van der Waals surface area contributed by atoms with Gasteiger partial charge in [-0.15, -0.1) is 0 Å². The van der Waals surface area contributed by atoms with Gasteiger partial charge in [-0.05, 0) is 60.4 Å². The highest BCUT2D eigenvalue weighted by molar-refractivity contribution is 5.93. The van der Waals surface area contributed by atoms with Crippen LogP contribution in [0.1, 0.15) is 31.2 Å². The molecule has 0 spiro atoms. The Balaban J connectivity index is 1.49. The summed E-state index contributed by atoms with van der Waals surface area (Å²) in [5.74, 6) is -2.81. The predicted molar refractivity (Wildman–Crippen MR) is 124 cm³/mol. The van der Waals surface area contributed by atoms with Crippen LogP contribution in [0.3, 0.4) is 0 Å². The topological polar surface area (TPSA) is 110 Å². The number of aromatic nitrogens is 1. The summed E-state index contributed by atoms with van der Waals surface area (Å²) in [7, 11) is 0. The molecule has 0 saturated heterocycles. The molecule has 2 N–H and O–H groups in total. The molecule has 0 bridgehead atoms. The number of hydrogen-bond acceptors (Lipinski definition) is 5. The van der Waals surface area contributed by atoms with Crippen molar-refractivity contribution in [2.75, 3.05) is 6.61 Å². The van der Waals surface area contributed by atoms with E-state index in [1.165, 1.54) is 0 Å². The van der Waals surface area contributed by atoms with Crippen molar-refractivity contribution in [1.29, 1.82) is 0 Å². The van der Waals surface area contributed by atoms with Crippen LogP contribution in [0.5, 0.6) is 5.75 Å². The summed E-state index contributed by atoms with van der Waals surface area (Å²) in [6, 6.07) is 17.8. The summed E-state index contributed by atoms with van der Waals surface area (Å²) in [5, 5.41) is 20.0. The number of fused-ring (bicyclic) bond motifs is 2. The fourth-order valence-electron chi connectivity index (χ4n) is 3.81. The average Bonchev–Trinajstić information content (AvgIpc) is 3.20. The zero-order valence-electron chi connectivity index (χ0n) is 18.3. The standard InChI is InChI=1S/C26H25NO6/c1-16-10-11-21-23(13-16)33-24(27-21)20-14-17-7-4-5-8-18(17)15-22(20)32-12-6-2-3-9-19(25(28)29)26(30)31/h4-5,7-8,10-11,13-15,19H,2-3,6,9,12H2,1H3,(H,28,29)(H,30,31). The Hall–Kier alpha value is -3.87. The van der Waals surface area contributed by atoms with E-state index in [-0.39, 0.29) is 6.42 Å². The Morgan fingerprint density at radius 1 is 0.970 bits per heavy atom. The van der Waals surface area contributed by atoms with Crippen LogP contribution >= 0.6 is 0 Å². The highest BCUT2D eigenvalue weighted by Gasteiger charge is 2.24. The molecule has 4 aromatic rings. The second-order valence-electron chi connectivity index (χ2n) is 8.11. The van der Waals surface area contributed by atoms with Crippen molar-refractivity contribution in [2.24, 2.45) is 5.92 Å². The van der Waals surface area contributed by atoms with Crippen LogP contribution in [0.25, 0.3) is 33.3 Å². The first-order chi connectivity index (χ1) is 15.9. The van der Waals surface area contributed by atoms with Gasteiger partial charge in [0.05, 0.1) is 12.2 Å². The van der Waals surface area contributed by atoms with E-state index in [4.69, 9.17) is 19.4 Å². The summed E-state index contributed by atoms with van der Waals surface area (Å²) in [6.45, 7) is 2.41. The maximum atomic E-state index is 11.0. The number of ether oxygens (including phenoxy) is 1. The molecule has 0 fully saturated rings. The smallest absolute Gasteiger partial charge is 0.317 e. The third-order valence-electron chi connectivity index (χ3n) is 5.61. The van der Waals surface area contributed by atoms with Gasteiger partial charge in [-0.3, -0.25) is 9.59 Å². The molecule has 0 aliphatic heterocycles. The lowest BCUT2D eigenvalue weighted by molar-refractivity contribution is -0.154. The molecule has 1 aromatic heterocycles. The molecule has 1 heterocycles. The lowest BCUT2D eigenvalue weighted by Gasteiger charge is -2.12. The number of nitrogens with zero attached hydrogens (tertiary/aromatic N) is 1. The van der Waals surface area contributed by atoms with Crippen LogP contribution in [0.2, 0.25) is 0 Å². The monoisotopic (exact) mass is 447 g/mol. The van der Waals surface area contributed by atoms with Gasteiger partial charge < -0.3 is 19.4 Å². The number of carbonyl (C=O) groups is 2. The number of aryl methyl sites for hydroxylation is 1. The SMILES string of the molecule is Cc1ccc2nc(-c3cc4ccccc4cc3OCCCCCC(C(=O)O)C(=O)O)oc2c1. The molecule has 4 rings (SSSR count). The van der Waals surface area contributed by atoms with Gasteiger partial charge in [0.15, 0.2) is 11.5 Å². The third kappa shape index (κ3) is 5.14. The van der Waals surface area contributed by atoms with E-state index >= 15 is 0 Å². The lowest BCUT2D eigenvalue weighted by atomic mass is 10.0. The summed E-state index contributed by atoms with van der Waals surface area (Å²) in [6.07, 6.45) is 1.95. The van der Waals surface area contributed by atoms with Crippen LogP contribution in [0.4, 0.5) is 0 Å². The Morgan fingerprint density at radius 2 is 1.70 bits per heavy atom. The summed E-state index contributed by atoms with van der Waals surface area (Å²) in [5.41, 5.74) is 3.35. The van der Waals surface area contributed by atoms with Crippen LogP contribution in [0, 0.1) is 12.8 Å². The van der Waals surface area contributed by atoms with Crippen molar-refractivity contribution in [3.8, 4) is 17.2 Å². The molecule has 0 saturated carbocycles. The average molecular weight is 447 g/mol. The van der Waals surface area contributed by atoms with Crippen molar-refractivity contribution in [3.05, 3.63) is 60.2 Å². The van der Waals surface area contributed by atoms with E-state index < -0.39 is 17.9 Å². The fourth-order valence-corrected chi connectivity index (χ4v) is 3.81. The van der Waals surface area contributed by atoms with Gasteiger partial charge in [0.25, 0.3) is 0 Å². The first-order valence-electron chi connectivity index (χ1n) is 10.9. The number of benzene rings is 3. The number of aliphatic carboxylic acids is 2. The molecule has 7 heteroatoms. The molecule has 0 atom stereocenters. The van der Waals surface area contributed by atoms with E-state index in [2.05, 4.69) is 4.98 Å². The summed E-state index contributed by atoms with van der Waals surface area (Å²) >= 11 is 0. The van der Waals surface area contributed by atoms with Crippen LogP contribution in [-0.4, -0.2) is 33.7 Å². The Morgan fingerprint density at radius 3 is 2.42 bits per heavy atom. The molecule has 0 unspecified atom stereocenters. The molecule has 0 radical (unpaired) electrons. The van der Waals surface area contributed by atoms with E-state index in [0.717, 1.165) is 33.0 Å². The Kier molecular flexibility index (Phi) is 6.58. The van der Waals surface area contributed by atoms with Gasteiger partial charge >= 0.3 is 11.9 Å². The highest BCUT2D eigenvalue weighted by Crippen LogP contribution is 2.35. The van der Waals surface area contributed by atoms with Gasteiger partial charge in [-0.25, -0.2) is 4.98 Å². The van der Waals surface area contributed by atoms with Crippen molar-refractivity contribution >= 4 is 33.8 Å². The van der Waals surface area contributed by atoms with E-state index in [1.54, 1.807) is 0 Å². The van der Waals surface area contributed by atoms with E-state index in [9.17, 15) is 9.59 Å². The molecular weight excluding hydrogens is 422 g/mol. The third-order valence-corrected chi connectivity index (χ3v) is 5.61. The van der Waals surface area contributed by atoms with E-state index in [0.29, 0.717) is 37.5 Å². The van der Waals surface area contributed by atoms with Crippen molar-refractivity contribution in [1.82, 2.24) is 4.98 Å². The molecule has 0 aliphatic carbocycles. The van der Waals surface area contributed by atoms with Crippen LogP contribution in [-0.2, 0) is 9.59 Å². The highest BCUT2D eigenvalue weighted by atomic mass is 16.5. The maximum absolute atomic E-state index is 11.0. The van der Waals surface area contributed by atoms with Gasteiger partial charge in [0.2, 0.25) is 5.89 Å². The Labute approximate surface area is 190 Å². The minimum absolute atomic E-state index is 0.105. The fraction of sp³-hybridized carbons (Fsp3) is 0.269. The normalized spacial score (nSPS) is 11.3. The molecular formula is C26H25NO6. The molecule has 0 aliphatic rings. The first-order valence-corrected chi connectivity index (χ1v) is 10.9. The second-order valence-corrected chi connectivity index (χ2v) is 8.11. The predicted octanol–water partition coefficient (Wildman–Crippen LogP) is 5.68. The van der Waals surface area contributed by atoms with Gasteiger partial charge in [-0.2, -0.15) is 0 Å². The number of carboxylic acid groups (broad SMARTS) is 2. The largest absolute Gasteiger partial charge is 0.493 e. The van der Waals surface area contributed by atoms with Gasteiger partial charge in [0, 0.05) is 0 Å². The summed E-state index contributed by atoms with van der Waals surface area (Å²) < 4.78 is 12.1. The molecule has 7 nitrogen and oxygen atoms in total. The molecule has 170 valence electrons. The van der Waals surface area contributed by atoms with Gasteiger partial charge in [-0.1, -0.05) is 43.2 Å². The van der Waals surface area contributed by atoms with Crippen molar-refractivity contribution in [2.45, 2.75) is 32.6 Å². The minimum Gasteiger partial charge on any atom is -0.493 e. The number of carboxylic acids is 2. The first kappa shape index (κ1) is 22.3. The zero-order chi connectivity index (χ0) is 23.4. The maximum Gasteiger partial charge on any atom is 0.317 e. The molecule has 0 amide bonds. The van der Waals surface area contributed by atoms with Crippen molar-refractivity contribution in [3.63, 3.8) is 0 Å². The quantitative estimate of drug-likeness (QED) is 0.238. The van der Waals surface area contributed by atoms with Crippen LogP contribution in [0.15, 0.2) is 59.0 Å². The molecule has 33 heavy (non-hydrogen) atoms. The number of hydrogen-bond donors (Lipinski definition) is 2. The lowest BCUT2D eigenvalue weighted by Crippen LogP contribution is -2.23.